The van der Waals surface area contributed by atoms with E-state index in [9.17, 15) is 0 Å². The molecule has 0 N–H and O–H groups in total. The van der Waals surface area contributed by atoms with Gasteiger partial charge in [0, 0.05) is 37.9 Å². The molecule has 3 rings (SSSR count). The first kappa shape index (κ1) is 11.6. The summed E-state index contributed by atoms with van der Waals surface area (Å²) in [5.74, 6) is -0.255. The standard InChI is InChI=1S/C12H18N2O2S/c1-10-13-11(9-17-10)8-14-4-2-12(3-5-14)15-6-7-16-12/h9H,2-8H2,1H3. The molecule has 1 aromatic rings. The molecule has 94 valence electrons. The van der Waals surface area contributed by atoms with Gasteiger partial charge in [-0.25, -0.2) is 4.98 Å². The number of thiazole rings is 1. The average molecular weight is 254 g/mol. The van der Waals surface area contributed by atoms with Crippen LogP contribution in [0.2, 0.25) is 0 Å². The smallest absolute Gasteiger partial charge is 0.170 e. The predicted octanol–water partition coefficient (Wildman–Crippen LogP) is 1.79. The number of hydrogen-bond acceptors (Lipinski definition) is 5. The minimum Gasteiger partial charge on any atom is -0.347 e. The van der Waals surface area contributed by atoms with Crippen LogP contribution in [0.3, 0.4) is 0 Å². The van der Waals surface area contributed by atoms with Crippen molar-refractivity contribution < 1.29 is 9.47 Å². The zero-order valence-corrected chi connectivity index (χ0v) is 11.0. The summed E-state index contributed by atoms with van der Waals surface area (Å²) in [6, 6.07) is 0. The van der Waals surface area contributed by atoms with E-state index >= 15 is 0 Å². The second-order valence-electron chi connectivity index (χ2n) is 4.74. The molecule has 1 spiro atoms. The van der Waals surface area contributed by atoms with Crippen LogP contribution in [0.1, 0.15) is 23.5 Å². The highest BCUT2D eigenvalue weighted by molar-refractivity contribution is 7.09. The molecule has 17 heavy (non-hydrogen) atoms. The minimum absolute atomic E-state index is 0.255. The number of aryl methyl sites for hydroxylation is 1. The molecule has 2 fully saturated rings. The minimum atomic E-state index is -0.255. The Bertz CT molecular complexity index is 378. The van der Waals surface area contributed by atoms with Crippen molar-refractivity contribution in [3.05, 3.63) is 16.1 Å². The van der Waals surface area contributed by atoms with Gasteiger partial charge in [0.2, 0.25) is 0 Å². The van der Waals surface area contributed by atoms with Gasteiger partial charge in [0.1, 0.15) is 0 Å². The quantitative estimate of drug-likeness (QED) is 0.806. The lowest BCUT2D eigenvalue weighted by molar-refractivity contribution is -0.185. The maximum Gasteiger partial charge on any atom is 0.170 e. The van der Waals surface area contributed by atoms with Gasteiger partial charge in [-0.1, -0.05) is 0 Å². The van der Waals surface area contributed by atoms with Gasteiger partial charge < -0.3 is 9.47 Å². The summed E-state index contributed by atoms with van der Waals surface area (Å²) < 4.78 is 11.4. The Labute approximate surface area is 106 Å². The van der Waals surface area contributed by atoms with Crippen molar-refractivity contribution in [2.75, 3.05) is 26.3 Å². The van der Waals surface area contributed by atoms with Crippen LogP contribution in [0.25, 0.3) is 0 Å². The lowest BCUT2D eigenvalue weighted by atomic mass is 10.0. The Morgan fingerprint density at radius 3 is 2.65 bits per heavy atom. The molecule has 0 unspecified atom stereocenters. The third kappa shape index (κ3) is 2.52. The molecule has 0 atom stereocenters. The Morgan fingerprint density at radius 1 is 1.35 bits per heavy atom. The zero-order chi connectivity index (χ0) is 11.7. The molecule has 0 amide bonds. The van der Waals surface area contributed by atoms with E-state index in [-0.39, 0.29) is 5.79 Å². The molecule has 3 heterocycles. The first-order valence-corrected chi connectivity index (χ1v) is 7.05. The van der Waals surface area contributed by atoms with Gasteiger partial charge in [-0.2, -0.15) is 0 Å². The molecule has 0 aromatic carbocycles. The lowest BCUT2D eigenvalue weighted by Gasteiger charge is -2.37. The molecule has 0 saturated carbocycles. The van der Waals surface area contributed by atoms with E-state index in [0.29, 0.717) is 0 Å². The number of piperidine rings is 1. The number of nitrogens with zero attached hydrogens (tertiary/aromatic N) is 2. The van der Waals surface area contributed by atoms with Crippen molar-refractivity contribution in [1.82, 2.24) is 9.88 Å². The Balaban J connectivity index is 1.54. The highest BCUT2D eigenvalue weighted by Crippen LogP contribution is 2.31. The first-order valence-electron chi connectivity index (χ1n) is 6.17. The Hall–Kier alpha value is -0.490. The van der Waals surface area contributed by atoms with Gasteiger partial charge in [-0.15, -0.1) is 11.3 Å². The van der Waals surface area contributed by atoms with Crippen molar-refractivity contribution in [3.63, 3.8) is 0 Å². The second-order valence-corrected chi connectivity index (χ2v) is 5.80. The summed E-state index contributed by atoms with van der Waals surface area (Å²) >= 11 is 1.72. The highest BCUT2D eigenvalue weighted by atomic mass is 32.1. The normalized spacial score (nSPS) is 24.5. The molecule has 0 bridgehead atoms. The highest BCUT2D eigenvalue weighted by Gasteiger charge is 2.39. The van der Waals surface area contributed by atoms with E-state index in [1.54, 1.807) is 11.3 Å². The molecule has 2 saturated heterocycles. The number of aromatic nitrogens is 1. The molecule has 1 aromatic heterocycles. The molecule has 0 radical (unpaired) electrons. The Morgan fingerprint density at radius 2 is 2.06 bits per heavy atom. The van der Waals surface area contributed by atoms with Crippen molar-refractivity contribution in [1.29, 1.82) is 0 Å². The summed E-state index contributed by atoms with van der Waals surface area (Å²) in [6.45, 7) is 6.60. The predicted molar refractivity (Wildman–Crippen MR) is 66.0 cm³/mol. The monoisotopic (exact) mass is 254 g/mol. The van der Waals surface area contributed by atoms with Gasteiger partial charge in [-0.3, -0.25) is 4.90 Å². The third-order valence-corrected chi connectivity index (χ3v) is 4.31. The van der Waals surface area contributed by atoms with Crippen LogP contribution in [-0.4, -0.2) is 42.0 Å². The van der Waals surface area contributed by atoms with Crippen LogP contribution in [-0.2, 0) is 16.0 Å². The van der Waals surface area contributed by atoms with Gasteiger partial charge in [0.25, 0.3) is 0 Å². The van der Waals surface area contributed by atoms with E-state index in [1.807, 2.05) is 0 Å². The number of hydrogen-bond donors (Lipinski definition) is 0. The molecule has 0 aliphatic carbocycles. The number of likely N-dealkylation sites (tertiary alicyclic amines) is 1. The van der Waals surface area contributed by atoms with Crippen molar-refractivity contribution in [2.45, 2.75) is 32.1 Å². The molecule has 5 heteroatoms. The molecule has 4 nitrogen and oxygen atoms in total. The van der Waals surface area contributed by atoms with E-state index in [2.05, 4.69) is 22.2 Å². The summed E-state index contributed by atoms with van der Waals surface area (Å²) in [5.41, 5.74) is 1.19. The van der Waals surface area contributed by atoms with E-state index in [4.69, 9.17) is 9.47 Å². The van der Waals surface area contributed by atoms with Gasteiger partial charge in [0.05, 0.1) is 23.9 Å². The molecule has 2 aliphatic heterocycles. The first-order chi connectivity index (χ1) is 8.26. The van der Waals surface area contributed by atoms with Crippen LogP contribution < -0.4 is 0 Å². The van der Waals surface area contributed by atoms with Gasteiger partial charge in [-0.05, 0) is 6.92 Å². The SMILES string of the molecule is Cc1nc(CN2CCC3(CC2)OCCO3)cs1. The van der Waals surface area contributed by atoms with Gasteiger partial charge in [0.15, 0.2) is 5.79 Å². The van der Waals surface area contributed by atoms with Crippen LogP contribution in [0, 0.1) is 6.92 Å². The van der Waals surface area contributed by atoms with E-state index in [0.717, 1.165) is 50.7 Å². The van der Waals surface area contributed by atoms with E-state index in [1.165, 1.54) is 5.69 Å². The van der Waals surface area contributed by atoms with Crippen molar-refractivity contribution in [2.24, 2.45) is 0 Å². The van der Waals surface area contributed by atoms with Crippen molar-refractivity contribution >= 4 is 11.3 Å². The van der Waals surface area contributed by atoms with Crippen LogP contribution in [0.15, 0.2) is 5.38 Å². The fourth-order valence-corrected chi connectivity index (χ4v) is 3.15. The lowest BCUT2D eigenvalue weighted by Crippen LogP contribution is -2.44. The molecule has 2 aliphatic rings. The van der Waals surface area contributed by atoms with E-state index < -0.39 is 0 Å². The largest absolute Gasteiger partial charge is 0.347 e. The van der Waals surface area contributed by atoms with Gasteiger partial charge >= 0.3 is 0 Å². The van der Waals surface area contributed by atoms with Crippen LogP contribution >= 0.6 is 11.3 Å². The Kier molecular flexibility index (Phi) is 3.17. The maximum absolute atomic E-state index is 5.72. The summed E-state index contributed by atoms with van der Waals surface area (Å²) in [5, 5.41) is 3.30. The molecular weight excluding hydrogens is 236 g/mol. The molecular formula is C12H18N2O2S. The third-order valence-electron chi connectivity index (χ3n) is 3.48. The fourth-order valence-electron chi connectivity index (χ4n) is 2.55. The summed E-state index contributed by atoms with van der Waals surface area (Å²) in [6.07, 6.45) is 1.96. The van der Waals surface area contributed by atoms with Crippen LogP contribution in [0.4, 0.5) is 0 Å². The van der Waals surface area contributed by atoms with Crippen LogP contribution in [0.5, 0.6) is 0 Å². The zero-order valence-electron chi connectivity index (χ0n) is 10.1. The second kappa shape index (κ2) is 4.65. The fraction of sp³-hybridized carbons (Fsp3) is 0.750. The summed E-state index contributed by atoms with van der Waals surface area (Å²) in [7, 11) is 0. The summed E-state index contributed by atoms with van der Waals surface area (Å²) in [4.78, 5) is 6.94. The van der Waals surface area contributed by atoms with Crippen molar-refractivity contribution in [3.8, 4) is 0 Å². The maximum atomic E-state index is 5.72. The topological polar surface area (TPSA) is 34.6 Å². The number of rotatable bonds is 2. The number of ether oxygens (including phenoxy) is 2. The average Bonchev–Trinajstić information content (AvgIpc) is 2.93.